The van der Waals surface area contributed by atoms with E-state index in [1.54, 1.807) is 19.2 Å². The second-order valence-corrected chi connectivity index (χ2v) is 7.63. The first-order valence-electron chi connectivity index (χ1n) is 9.49. The van der Waals surface area contributed by atoms with Crippen LogP contribution in [0, 0.1) is 6.92 Å². The topological polar surface area (TPSA) is 63.2 Å². The lowest BCUT2D eigenvalue weighted by Gasteiger charge is -2.14. The lowest BCUT2D eigenvalue weighted by molar-refractivity contribution is 0.0933. The molecular formula is C23H22ClN3O2. The van der Waals surface area contributed by atoms with Gasteiger partial charge in [-0.3, -0.25) is 4.79 Å². The fourth-order valence-corrected chi connectivity index (χ4v) is 3.87. The van der Waals surface area contributed by atoms with Crippen molar-refractivity contribution in [1.29, 1.82) is 0 Å². The summed E-state index contributed by atoms with van der Waals surface area (Å²) in [7, 11) is 1.62. The molecule has 0 fully saturated rings. The van der Waals surface area contributed by atoms with Crippen molar-refractivity contribution in [3.63, 3.8) is 0 Å². The normalized spacial score (nSPS) is 13.1. The molecule has 0 unspecified atom stereocenters. The Hall–Kier alpha value is -3.05. The number of amides is 1. The van der Waals surface area contributed by atoms with Crippen LogP contribution < -0.4 is 15.4 Å². The van der Waals surface area contributed by atoms with Crippen molar-refractivity contribution in [2.24, 2.45) is 0 Å². The summed E-state index contributed by atoms with van der Waals surface area (Å²) >= 11 is 6.19. The molecule has 0 atom stereocenters. The standard InChI is InChI=1S/C23H22ClN3O2/c1-14-7-8-19(21(9-14)29-2)25-18-12-20(27-22(24)13-18)23(28)26-17-10-15-5-3-4-6-16(15)11-17/h3-9,12-13,17H,10-11H2,1-2H3,(H,25,27)(H,26,28). The van der Waals surface area contributed by atoms with Crippen LogP contribution in [0.4, 0.5) is 11.4 Å². The van der Waals surface area contributed by atoms with Crippen LogP contribution in [0.15, 0.2) is 54.6 Å². The first kappa shape index (κ1) is 19.3. The molecule has 0 radical (unpaired) electrons. The van der Waals surface area contributed by atoms with E-state index in [0.717, 1.165) is 24.1 Å². The number of fused-ring (bicyclic) bond motifs is 1. The minimum absolute atomic E-state index is 0.0642. The fraction of sp³-hybridized carbons (Fsp3) is 0.217. The average Bonchev–Trinajstić information content (AvgIpc) is 3.11. The summed E-state index contributed by atoms with van der Waals surface area (Å²) in [6.07, 6.45) is 1.66. The fourth-order valence-electron chi connectivity index (χ4n) is 3.66. The number of pyridine rings is 1. The number of carbonyl (C=O) groups is 1. The van der Waals surface area contributed by atoms with Crippen LogP contribution in [0.25, 0.3) is 0 Å². The SMILES string of the molecule is COc1cc(C)ccc1Nc1cc(Cl)nc(C(=O)NC2Cc3ccccc3C2)c1. The van der Waals surface area contributed by atoms with Crippen molar-refractivity contribution in [3.05, 3.63) is 82.1 Å². The molecular weight excluding hydrogens is 386 g/mol. The van der Waals surface area contributed by atoms with Crippen molar-refractivity contribution in [2.75, 3.05) is 12.4 Å². The summed E-state index contributed by atoms with van der Waals surface area (Å²) in [4.78, 5) is 17.0. The smallest absolute Gasteiger partial charge is 0.270 e. The molecule has 29 heavy (non-hydrogen) atoms. The van der Waals surface area contributed by atoms with Gasteiger partial charge >= 0.3 is 0 Å². The number of carbonyl (C=O) groups excluding carboxylic acids is 1. The zero-order valence-corrected chi connectivity index (χ0v) is 17.1. The van der Waals surface area contributed by atoms with Crippen LogP contribution in [0.3, 0.4) is 0 Å². The summed E-state index contributed by atoms with van der Waals surface area (Å²) in [6, 6.07) is 17.6. The van der Waals surface area contributed by atoms with Crippen molar-refractivity contribution in [3.8, 4) is 5.75 Å². The van der Waals surface area contributed by atoms with Crippen LogP contribution in [-0.4, -0.2) is 24.0 Å². The van der Waals surface area contributed by atoms with Gasteiger partial charge in [-0.1, -0.05) is 41.9 Å². The molecule has 6 heteroatoms. The van der Waals surface area contributed by atoms with Gasteiger partial charge in [0.15, 0.2) is 0 Å². The number of benzene rings is 2. The summed E-state index contributed by atoms with van der Waals surface area (Å²) < 4.78 is 5.44. The molecule has 2 N–H and O–H groups in total. The Morgan fingerprint density at radius 3 is 2.52 bits per heavy atom. The first-order chi connectivity index (χ1) is 14.0. The van der Waals surface area contributed by atoms with E-state index >= 15 is 0 Å². The molecule has 2 aromatic carbocycles. The molecule has 1 amide bonds. The van der Waals surface area contributed by atoms with Crippen LogP contribution in [-0.2, 0) is 12.8 Å². The van der Waals surface area contributed by atoms with Gasteiger partial charge in [-0.2, -0.15) is 0 Å². The Balaban J connectivity index is 1.51. The van der Waals surface area contributed by atoms with Gasteiger partial charge in [-0.25, -0.2) is 4.98 Å². The predicted molar refractivity (Wildman–Crippen MR) is 115 cm³/mol. The van der Waals surface area contributed by atoms with Crippen LogP contribution in [0.2, 0.25) is 5.15 Å². The Kier molecular flexibility index (Phi) is 5.41. The molecule has 1 aromatic heterocycles. The number of hydrogen-bond acceptors (Lipinski definition) is 4. The number of methoxy groups -OCH3 is 1. The van der Waals surface area contributed by atoms with Crippen molar-refractivity contribution >= 4 is 28.9 Å². The highest BCUT2D eigenvalue weighted by molar-refractivity contribution is 6.29. The average molecular weight is 408 g/mol. The van der Waals surface area contributed by atoms with E-state index in [9.17, 15) is 4.79 Å². The van der Waals surface area contributed by atoms with E-state index in [2.05, 4.69) is 27.8 Å². The van der Waals surface area contributed by atoms with Crippen LogP contribution in [0.5, 0.6) is 5.75 Å². The van der Waals surface area contributed by atoms with Gasteiger partial charge in [0, 0.05) is 11.7 Å². The number of halogens is 1. The van der Waals surface area contributed by atoms with Crippen LogP contribution in [0.1, 0.15) is 27.2 Å². The monoisotopic (exact) mass is 407 g/mol. The highest BCUT2D eigenvalue weighted by Gasteiger charge is 2.23. The minimum Gasteiger partial charge on any atom is -0.495 e. The number of hydrogen-bond donors (Lipinski definition) is 2. The highest BCUT2D eigenvalue weighted by atomic mass is 35.5. The van der Waals surface area contributed by atoms with Crippen LogP contribution >= 0.6 is 11.6 Å². The number of anilines is 2. The van der Waals surface area contributed by atoms with E-state index in [4.69, 9.17) is 16.3 Å². The number of nitrogens with zero attached hydrogens (tertiary/aromatic N) is 1. The number of aryl methyl sites for hydroxylation is 1. The van der Waals surface area contributed by atoms with Crippen molar-refractivity contribution < 1.29 is 9.53 Å². The Bertz CT molecular complexity index is 1040. The molecule has 1 aliphatic carbocycles. The molecule has 148 valence electrons. The van der Waals surface area contributed by atoms with Gasteiger partial charge in [-0.15, -0.1) is 0 Å². The van der Waals surface area contributed by atoms with Crippen molar-refractivity contribution in [1.82, 2.24) is 10.3 Å². The molecule has 3 aromatic rings. The van der Waals surface area contributed by atoms with E-state index in [-0.39, 0.29) is 22.8 Å². The molecule has 0 saturated heterocycles. The third-order valence-corrected chi connectivity index (χ3v) is 5.24. The predicted octanol–water partition coefficient (Wildman–Crippen LogP) is 4.69. The summed E-state index contributed by atoms with van der Waals surface area (Å²) in [5, 5.41) is 6.59. The number of rotatable bonds is 5. The Labute approximate surface area is 175 Å². The number of nitrogens with one attached hydrogen (secondary N) is 2. The van der Waals surface area contributed by atoms with Gasteiger partial charge < -0.3 is 15.4 Å². The van der Waals surface area contributed by atoms with Crippen molar-refractivity contribution in [2.45, 2.75) is 25.8 Å². The Morgan fingerprint density at radius 1 is 1.10 bits per heavy atom. The number of aromatic nitrogens is 1. The molecule has 0 spiro atoms. The maximum atomic E-state index is 12.8. The molecule has 5 nitrogen and oxygen atoms in total. The molecule has 0 saturated carbocycles. The lowest BCUT2D eigenvalue weighted by atomic mass is 10.1. The second kappa shape index (κ2) is 8.13. The second-order valence-electron chi connectivity index (χ2n) is 7.24. The van der Waals surface area contributed by atoms with E-state index in [1.807, 2.05) is 37.3 Å². The lowest BCUT2D eigenvalue weighted by Crippen LogP contribution is -2.35. The van der Waals surface area contributed by atoms with E-state index in [0.29, 0.717) is 11.4 Å². The summed E-state index contributed by atoms with van der Waals surface area (Å²) in [5.41, 5.74) is 5.40. The number of ether oxygens (including phenoxy) is 1. The first-order valence-corrected chi connectivity index (χ1v) is 9.86. The van der Waals surface area contributed by atoms with Gasteiger partial charge in [0.1, 0.15) is 16.6 Å². The maximum Gasteiger partial charge on any atom is 0.270 e. The van der Waals surface area contributed by atoms with E-state index in [1.165, 1.54) is 11.1 Å². The van der Waals surface area contributed by atoms with Gasteiger partial charge in [0.25, 0.3) is 5.91 Å². The van der Waals surface area contributed by atoms with E-state index < -0.39 is 0 Å². The highest BCUT2D eigenvalue weighted by Crippen LogP contribution is 2.29. The molecule has 1 aliphatic rings. The molecule has 0 aliphatic heterocycles. The summed E-state index contributed by atoms with van der Waals surface area (Å²) in [6.45, 7) is 2.00. The molecule has 1 heterocycles. The molecule has 4 rings (SSSR count). The minimum atomic E-state index is -0.232. The third kappa shape index (κ3) is 4.35. The quantitative estimate of drug-likeness (QED) is 0.602. The zero-order valence-electron chi connectivity index (χ0n) is 16.3. The zero-order chi connectivity index (χ0) is 20.4. The van der Waals surface area contributed by atoms with Gasteiger partial charge in [0.05, 0.1) is 12.8 Å². The largest absolute Gasteiger partial charge is 0.495 e. The van der Waals surface area contributed by atoms with Gasteiger partial charge in [0.2, 0.25) is 0 Å². The van der Waals surface area contributed by atoms with Gasteiger partial charge in [-0.05, 0) is 60.7 Å². The summed E-state index contributed by atoms with van der Waals surface area (Å²) in [5.74, 6) is 0.483. The third-order valence-electron chi connectivity index (χ3n) is 5.05. The Morgan fingerprint density at radius 2 is 1.83 bits per heavy atom. The maximum absolute atomic E-state index is 12.8. The molecule has 0 bridgehead atoms.